The average Bonchev–Trinajstić information content (AvgIpc) is 3.39. The highest BCUT2D eigenvalue weighted by molar-refractivity contribution is 7.90. The van der Waals surface area contributed by atoms with Gasteiger partial charge in [0.15, 0.2) is 9.84 Å². The summed E-state index contributed by atoms with van der Waals surface area (Å²) in [6.45, 7) is 0. The zero-order valence-electron chi connectivity index (χ0n) is 20.2. The molecule has 188 valence electrons. The van der Waals surface area contributed by atoms with Gasteiger partial charge in [0.25, 0.3) is 5.91 Å². The van der Waals surface area contributed by atoms with Crippen molar-refractivity contribution < 1.29 is 13.2 Å². The summed E-state index contributed by atoms with van der Waals surface area (Å²) in [5, 5.41) is 11.0. The van der Waals surface area contributed by atoms with Crippen LogP contribution in [0.25, 0.3) is 16.8 Å². The maximum atomic E-state index is 12.9. The lowest BCUT2D eigenvalue weighted by Crippen LogP contribution is -2.13. The van der Waals surface area contributed by atoms with E-state index in [9.17, 15) is 13.2 Å². The number of nitrogens with one attached hydrogen (secondary N) is 1. The van der Waals surface area contributed by atoms with E-state index in [4.69, 9.17) is 5.73 Å². The highest BCUT2D eigenvalue weighted by Crippen LogP contribution is 2.31. The van der Waals surface area contributed by atoms with E-state index >= 15 is 0 Å². The summed E-state index contributed by atoms with van der Waals surface area (Å²) < 4.78 is 26.5. The Morgan fingerprint density at radius 1 is 0.973 bits per heavy atom. The summed E-state index contributed by atoms with van der Waals surface area (Å²) in [4.78, 5) is 13.1. The van der Waals surface area contributed by atoms with Crippen LogP contribution in [0, 0.1) is 0 Å². The Hall–Kier alpha value is -4.24. The SMILES string of the molecule is Nc1ccc(C2=CCCCC2)cc1NC(=O)c1ccc(-c2cn(CS(=O)(=O)c3ccccc3)nn2)cc1. The van der Waals surface area contributed by atoms with Gasteiger partial charge in [0, 0.05) is 11.1 Å². The first kappa shape index (κ1) is 24.5. The van der Waals surface area contributed by atoms with E-state index in [2.05, 4.69) is 21.7 Å². The first-order chi connectivity index (χ1) is 17.9. The zero-order valence-corrected chi connectivity index (χ0v) is 21.0. The minimum atomic E-state index is -3.55. The Morgan fingerprint density at radius 2 is 1.73 bits per heavy atom. The van der Waals surface area contributed by atoms with Crippen molar-refractivity contribution in [2.75, 3.05) is 11.1 Å². The van der Waals surface area contributed by atoms with E-state index in [-0.39, 0.29) is 16.7 Å². The van der Waals surface area contributed by atoms with Crippen LogP contribution < -0.4 is 11.1 Å². The Bertz CT molecular complexity index is 1560. The molecule has 0 aliphatic heterocycles. The molecule has 5 rings (SSSR count). The molecule has 0 radical (unpaired) electrons. The van der Waals surface area contributed by atoms with E-state index < -0.39 is 9.84 Å². The van der Waals surface area contributed by atoms with E-state index in [1.165, 1.54) is 23.1 Å². The van der Waals surface area contributed by atoms with Gasteiger partial charge < -0.3 is 11.1 Å². The van der Waals surface area contributed by atoms with Crippen LogP contribution >= 0.6 is 0 Å². The molecule has 1 aliphatic carbocycles. The third kappa shape index (κ3) is 5.62. The Morgan fingerprint density at radius 3 is 2.46 bits per heavy atom. The quantitative estimate of drug-likeness (QED) is 0.329. The maximum absolute atomic E-state index is 12.9. The number of hydrogen-bond donors (Lipinski definition) is 2. The second-order valence-electron chi connectivity index (χ2n) is 9.01. The predicted octanol–water partition coefficient (Wildman–Crippen LogP) is 5.17. The summed E-state index contributed by atoms with van der Waals surface area (Å²) in [7, 11) is -3.55. The van der Waals surface area contributed by atoms with Crippen molar-refractivity contribution in [3.8, 4) is 11.3 Å². The number of hydrogen-bond acceptors (Lipinski definition) is 6. The fraction of sp³-hybridized carbons (Fsp3) is 0.179. The van der Waals surface area contributed by atoms with Crippen LogP contribution in [-0.4, -0.2) is 29.3 Å². The van der Waals surface area contributed by atoms with Gasteiger partial charge in [0.05, 0.1) is 22.5 Å². The maximum Gasteiger partial charge on any atom is 0.255 e. The summed E-state index contributed by atoms with van der Waals surface area (Å²) in [5.74, 6) is -0.590. The van der Waals surface area contributed by atoms with Crippen molar-refractivity contribution in [2.45, 2.75) is 36.5 Å². The van der Waals surface area contributed by atoms with Crippen LogP contribution in [-0.2, 0) is 15.7 Å². The lowest BCUT2D eigenvalue weighted by atomic mass is 9.93. The van der Waals surface area contributed by atoms with Crippen LogP contribution in [0.2, 0.25) is 0 Å². The second kappa shape index (κ2) is 10.4. The second-order valence-corrected chi connectivity index (χ2v) is 11.0. The van der Waals surface area contributed by atoms with E-state index in [1.807, 2.05) is 18.2 Å². The number of allylic oxidation sites excluding steroid dienone is 2. The van der Waals surface area contributed by atoms with Gasteiger partial charge in [-0.05, 0) is 73.2 Å². The Balaban J connectivity index is 1.28. The number of nitrogens with zero attached hydrogens (tertiary/aromatic N) is 3. The van der Waals surface area contributed by atoms with Gasteiger partial charge in [-0.2, -0.15) is 0 Å². The average molecular weight is 514 g/mol. The van der Waals surface area contributed by atoms with Gasteiger partial charge in [-0.25, -0.2) is 13.1 Å². The van der Waals surface area contributed by atoms with Gasteiger partial charge in [0.1, 0.15) is 11.6 Å². The minimum absolute atomic E-state index is 0.226. The molecule has 1 amide bonds. The number of anilines is 2. The summed E-state index contributed by atoms with van der Waals surface area (Å²) in [5.41, 5.74) is 11.3. The number of aromatic nitrogens is 3. The fourth-order valence-corrected chi connectivity index (χ4v) is 5.52. The molecule has 1 aromatic heterocycles. The number of rotatable bonds is 7. The van der Waals surface area contributed by atoms with Crippen molar-refractivity contribution in [1.29, 1.82) is 0 Å². The number of sulfone groups is 1. The van der Waals surface area contributed by atoms with Crippen molar-refractivity contribution >= 4 is 32.7 Å². The molecule has 0 spiro atoms. The van der Waals surface area contributed by atoms with E-state index in [0.717, 1.165) is 18.4 Å². The number of carbonyl (C=O) groups is 1. The first-order valence-corrected chi connectivity index (χ1v) is 13.7. The lowest BCUT2D eigenvalue weighted by molar-refractivity contribution is 0.102. The van der Waals surface area contributed by atoms with Crippen LogP contribution in [0.4, 0.5) is 11.4 Å². The Labute approximate surface area is 215 Å². The molecular formula is C28H27N5O3S. The predicted molar refractivity (Wildman–Crippen MR) is 144 cm³/mol. The standard InChI is InChI=1S/C28H27N5O3S/c29-25-16-15-23(20-7-3-1-4-8-20)17-26(25)30-28(34)22-13-11-21(12-14-22)27-18-33(32-31-27)19-37(35,36)24-9-5-2-6-10-24/h2,5-7,9-18H,1,3-4,8,19,29H2,(H,30,34). The molecule has 37 heavy (non-hydrogen) atoms. The van der Waals surface area contributed by atoms with Crippen LogP contribution in [0.1, 0.15) is 41.6 Å². The van der Waals surface area contributed by atoms with Gasteiger partial charge >= 0.3 is 0 Å². The van der Waals surface area contributed by atoms with Crippen molar-refractivity contribution in [3.05, 3.63) is 96.2 Å². The third-order valence-corrected chi connectivity index (χ3v) is 7.94. The molecular weight excluding hydrogens is 486 g/mol. The molecule has 3 N–H and O–H groups in total. The third-order valence-electron chi connectivity index (χ3n) is 6.35. The molecule has 9 heteroatoms. The minimum Gasteiger partial charge on any atom is -0.397 e. The van der Waals surface area contributed by atoms with Crippen LogP contribution in [0.3, 0.4) is 0 Å². The normalized spacial score (nSPS) is 13.7. The summed E-state index contributed by atoms with van der Waals surface area (Å²) >= 11 is 0. The van der Waals surface area contributed by atoms with E-state index in [1.54, 1.807) is 60.8 Å². The molecule has 8 nitrogen and oxygen atoms in total. The molecule has 0 fully saturated rings. The molecule has 0 unspecified atom stereocenters. The van der Waals surface area contributed by atoms with Crippen molar-refractivity contribution in [1.82, 2.24) is 15.0 Å². The highest BCUT2D eigenvalue weighted by atomic mass is 32.2. The monoisotopic (exact) mass is 513 g/mol. The molecule has 0 saturated carbocycles. The molecule has 1 heterocycles. The van der Waals surface area contributed by atoms with E-state index in [0.29, 0.717) is 28.2 Å². The zero-order chi connectivity index (χ0) is 25.8. The Kier molecular flexibility index (Phi) is 6.87. The largest absolute Gasteiger partial charge is 0.397 e. The number of nitrogen functional groups attached to an aromatic ring is 1. The molecule has 3 aromatic carbocycles. The van der Waals surface area contributed by atoms with Gasteiger partial charge in [-0.15, -0.1) is 5.10 Å². The summed E-state index contributed by atoms with van der Waals surface area (Å²) in [6, 6.07) is 20.8. The highest BCUT2D eigenvalue weighted by Gasteiger charge is 2.17. The van der Waals surface area contributed by atoms with Crippen LogP contribution in [0.15, 0.2) is 90.0 Å². The number of nitrogens with two attached hydrogens (primary N) is 1. The molecule has 0 saturated heterocycles. The van der Waals surface area contributed by atoms with Gasteiger partial charge in [0.2, 0.25) is 0 Å². The number of carbonyl (C=O) groups excluding carboxylic acids is 1. The lowest BCUT2D eigenvalue weighted by Gasteiger charge is -2.15. The molecule has 1 aliphatic rings. The first-order valence-electron chi connectivity index (χ1n) is 12.1. The molecule has 4 aromatic rings. The van der Waals surface area contributed by atoms with Crippen molar-refractivity contribution in [3.63, 3.8) is 0 Å². The number of benzene rings is 3. The summed E-state index contributed by atoms with van der Waals surface area (Å²) in [6.07, 6.45) is 8.31. The molecule has 0 atom stereocenters. The number of amides is 1. The molecule has 0 bridgehead atoms. The topological polar surface area (TPSA) is 120 Å². The van der Waals surface area contributed by atoms with Crippen molar-refractivity contribution in [2.24, 2.45) is 0 Å². The van der Waals surface area contributed by atoms with Gasteiger partial charge in [-0.3, -0.25) is 4.79 Å². The smallest absolute Gasteiger partial charge is 0.255 e. The van der Waals surface area contributed by atoms with Crippen LogP contribution in [0.5, 0.6) is 0 Å². The fourth-order valence-electron chi connectivity index (χ4n) is 4.32. The van der Waals surface area contributed by atoms with Gasteiger partial charge in [-0.1, -0.05) is 47.7 Å².